The van der Waals surface area contributed by atoms with Crippen molar-refractivity contribution in [1.29, 1.82) is 0 Å². The number of hydrogen-bond donors (Lipinski definition) is 2. The van der Waals surface area contributed by atoms with E-state index in [2.05, 4.69) is 37.4 Å². The summed E-state index contributed by atoms with van der Waals surface area (Å²) in [6, 6.07) is 6.32. The van der Waals surface area contributed by atoms with E-state index in [0.717, 1.165) is 11.3 Å². The van der Waals surface area contributed by atoms with Crippen LogP contribution in [-0.4, -0.2) is 24.4 Å². The van der Waals surface area contributed by atoms with Gasteiger partial charge in [0.25, 0.3) is 0 Å². The van der Waals surface area contributed by atoms with E-state index >= 15 is 0 Å². The quantitative estimate of drug-likeness (QED) is 0.816. The third-order valence-corrected chi connectivity index (χ3v) is 3.13. The first kappa shape index (κ1) is 15.0. The Morgan fingerprint density at radius 1 is 1.33 bits per heavy atom. The molecule has 1 aromatic carbocycles. The average Bonchev–Trinajstić information content (AvgIpc) is 2.36. The Kier molecular flexibility index (Phi) is 5.17. The first-order valence-corrected chi connectivity index (χ1v) is 6.42. The SMILES string of the molecule is COc1cc(C(C)C)ccc1CNC(C)(C)CO. The summed E-state index contributed by atoms with van der Waals surface area (Å²) in [5, 5.41) is 12.5. The first-order chi connectivity index (χ1) is 8.39. The average molecular weight is 251 g/mol. The highest BCUT2D eigenvalue weighted by atomic mass is 16.5. The molecule has 0 saturated heterocycles. The highest BCUT2D eigenvalue weighted by Crippen LogP contribution is 2.25. The molecular weight excluding hydrogens is 226 g/mol. The summed E-state index contributed by atoms with van der Waals surface area (Å²) >= 11 is 0. The topological polar surface area (TPSA) is 41.5 Å². The lowest BCUT2D eigenvalue weighted by molar-refractivity contribution is 0.187. The molecule has 0 saturated carbocycles. The zero-order chi connectivity index (χ0) is 13.8. The zero-order valence-electron chi connectivity index (χ0n) is 12.1. The molecule has 1 rings (SSSR count). The number of aliphatic hydroxyl groups is 1. The van der Waals surface area contributed by atoms with Gasteiger partial charge in [-0.25, -0.2) is 0 Å². The second kappa shape index (κ2) is 6.21. The van der Waals surface area contributed by atoms with Gasteiger partial charge in [0.15, 0.2) is 0 Å². The standard InChI is InChI=1S/C15H25NO2/c1-11(2)12-6-7-13(14(8-12)18-5)9-16-15(3,4)10-17/h6-8,11,16-17H,9-10H2,1-5H3. The second-order valence-corrected chi connectivity index (χ2v) is 5.62. The van der Waals surface area contributed by atoms with Crippen LogP contribution >= 0.6 is 0 Å². The lowest BCUT2D eigenvalue weighted by Gasteiger charge is -2.24. The van der Waals surface area contributed by atoms with Gasteiger partial charge in [0.1, 0.15) is 5.75 Å². The number of benzene rings is 1. The molecule has 0 atom stereocenters. The van der Waals surface area contributed by atoms with E-state index in [-0.39, 0.29) is 12.1 Å². The van der Waals surface area contributed by atoms with E-state index in [1.807, 2.05) is 13.8 Å². The van der Waals surface area contributed by atoms with Gasteiger partial charge in [-0.1, -0.05) is 26.0 Å². The van der Waals surface area contributed by atoms with Crippen LogP contribution in [0.5, 0.6) is 5.75 Å². The van der Waals surface area contributed by atoms with Gasteiger partial charge < -0.3 is 15.2 Å². The number of nitrogens with one attached hydrogen (secondary N) is 1. The van der Waals surface area contributed by atoms with Gasteiger partial charge in [0.2, 0.25) is 0 Å². The van der Waals surface area contributed by atoms with Gasteiger partial charge in [-0.2, -0.15) is 0 Å². The summed E-state index contributed by atoms with van der Waals surface area (Å²) in [6.45, 7) is 9.08. The fourth-order valence-electron chi connectivity index (χ4n) is 1.66. The first-order valence-electron chi connectivity index (χ1n) is 6.42. The van der Waals surface area contributed by atoms with Crippen molar-refractivity contribution in [1.82, 2.24) is 5.32 Å². The van der Waals surface area contributed by atoms with E-state index in [4.69, 9.17) is 4.74 Å². The molecule has 3 heteroatoms. The van der Waals surface area contributed by atoms with Crippen LogP contribution in [0.2, 0.25) is 0 Å². The van der Waals surface area contributed by atoms with Gasteiger partial charge in [-0.05, 0) is 31.4 Å². The molecule has 0 amide bonds. The van der Waals surface area contributed by atoms with Crippen LogP contribution in [0.4, 0.5) is 0 Å². The summed E-state index contributed by atoms with van der Waals surface area (Å²) in [4.78, 5) is 0. The van der Waals surface area contributed by atoms with Crippen LogP contribution in [0.1, 0.15) is 44.7 Å². The van der Waals surface area contributed by atoms with Crippen LogP contribution in [0.3, 0.4) is 0 Å². The van der Waals surface area contributed by atoms with Crippen LogP contribution in [0.25, 0.3) is 0 Å². The zero-order valence-corrected chi connectivity index (χ0v) is 12.1. The van der Waals surface area contributed by atoms with Crippen molar-refractivity contribution in [2.75, 3.05) is 13.7 Å². The third kappa shape index (κ3) is 4.00. The lowest BCUT2D eigenvalue weighted by Crippen LogP contribution is -2.42. The second-order valence-electron chi connectivity index (χ2n) is 5.62. The number of rotatable bonds is 6. The van der Waals surface area contributed by atoms with Crippen LogP contribution in [0.15, 0.2) is 18.2 Å². The molecule has 1 aromatic rings. The predicted octanol–water partition coefficient (Wildman–Crippen LogP) is 2.68. The van der Waals surface area contributed by atoms with Crippen molar-refractivity contribution in [3.05, 3.63) is 29.3 Å². The minimum absolute atomic E-state index is 0.111. The lowest BCUT2D eigenvalue weighted by atomic mass is 10.00. The minimum Gasteiger partial charge on any atom is -0.496 e. The van der Waals surface area contributed by atoms with Crippen LogP contribution in [-0.2, 0) is 6.54 Å². The number of hydrogen-bond acceptors (Lipinski definition) is 3. The smallest absolute Gasteiger partial charge is 0.123 e. The molecule has 102 valence electrons. The maximum atomic E-state index is 9.22. The molecule has 2 N–H and O–H groups in total. The van der Waals surface area contributed by atoms with Crippen molar-refractivity contribution in [2.45, 2.75) is 45.7 Å². The molecule has 3 nitrogen and oxygen atoms in total. The monoisotopic (exact) mass is 251 g/mol. The highest BCUT2D eigenvalue weighted by molar-refractivity contribution is 5.38. The molecule has 0 fully saturated rings. The highest BCUT2D eigenvalue weighted by Gasteiger charge is 2.16. The molecule has 0 unspecified atom stereocenters. The van der Waals surface area contributed by atoms with E-state index in [9.17, 15) is 5.11 Å². The molecule has 0 aliphatic rings. The Labute approximate surface area is 110 Å². The van der Waals surface area contributed by atoms with Crippen molar-refractivity contribution in [3.63, 3.8) is 0 Å². The Hall–Kier alpha value is -1.06. The maximum Gasteiger partial charge on any atom is 0.123 e. The Balaban J connectivity index is 2.83. The largest absolute Gasteiger partial charge is 0.496 e. The van der Waals surface area contributed by atoms with Crippen molar-refractivity contribution < 1.29 is 9.84 Å². The number of methoxy groups -OCH3 is 1. The Morgan fingerprint density at radius 2 is 2.00 bits per heavy atom. The maximum absolute atomic E-state index is 9.22. The van der Waals surface area contributed by atoms with Gasteiger partial charge in [-0.3, -0.25) is 0 Å². The normalized spacial score (nSPS) is 11.9. The van der Waals surface area contributed by atoms with E-state index in [0.29, 0.717) is 12.5 Å². The Bertz CT molecular complexity index is 386. The van der Waals surface area contributed by atoms with Gasteiger partial charge in [0.05, 0.1) is 13.7 Å². The predicted molar refractivity (Wildman–Crippen MR) is 75.1 cm³/mol. The van der Waals surface area contributed by atoms with Crippen molar-refractivity contribution in [3.8, 4) is 5.75 Å². The molecule has 0 bridgehead atoms. The number of ether oxygens (including phenoxy) is 1. The van der Waals surface area contributed by atoms with Gasteiger partial charge >= 0.3 is 0 Å². The summed E-state index contributed by atoms with van der Waals surface area (Å²) in [7, 11) is 1.69. The van der Waals surface area contributed by atoms with E-state index in [1.165, 1.54) is 5.56 Å². The van der Waals surface area contributed by atoms with Crippen molar-refractivity contribution in [2.24, 2.45) is 0 Å². The van der Waals surface area contributed by atoms with Gasteiger partial charge in [0, 0.05) is 17.6 Å². The molecule has 0 aromatic heterocycles. The molecule has 0 radical (unpaired) electrons. The molecular formula is C15H25NO2. The summed E-state index contributed by atoms with van der Waals surface area (Å²) < 4.78 is 5.43. The molecule has 0 spiro atoms. The molecule has 0 aliphatic carbocycles. The number of aliphatic hydroxyl groups excluding tert-OH is 1. The molecule has 0 aliphatic heterocycles. The Morgan fingerprint density at radius 3 is 2.50 bits per heavy atom. The molecule has 18 heavy (non-hydrogen) atoms. The molecule has 0 heterocycles. The summed E-state index contributed by atoms with van der Waals surface area (Å²) in [5.41, 5.74) is 2.11. The van der Waals surface area contributed by atoms with E-state index in [1.54, 1.807) is 7.11 Å². The fraction of sp³-hybridized carbons (Fsp3) is 0.600. The summed E-state index contributed by atoms with van der Waals surface area (Å²) in [6.07, 6.45) is 0. The summed E-state index contributed by atoms with van der Waals surface area (Å²) in [5.74, 6) is 1.40. The minimum atomic E-state index is -0.276. The van der Waals surface area contributed by atoms with Crippen LogP contribution < -0.4 is 10.1 Å². The van der Waals surface area contributed by atoms with Crippen LogP contribution in [0, 0.1) is 0 Å². The van der Waals surface area contributed by atoms with E-state index < -0.39 is 0 Å². The fourth-order valence-corrected chi connectivity index (χ4v) is 1.66. The van der Waals surface area contributed by atoms with Gasteiger partial charge in [-0.15, -0.1) is 0 Å². The van der Waals surface area contributed by atoms with Crippen molar-refractivity contribution >= 4 is 0 Å². The third-order valence-electron chi connectivity index (χ3n) is 3.13.